The summed E-state index contributed by atoms with van der Waals surface area (Å²) in [5.41, 5.74) is 5.42. The highest BCUT2D eigenvalue weighted by Crippen LogP contribution is 2.05. The van der Waals surface area contributed by atoms with Crippen LogP contribution in [-0.4, -0.2) is 48.7 Å². The Bertz CT molecular complexity index is 121. The van der Waals surface area contributed by atoms with Crippen LogP contribution in [-0.2, 0) is 0 Å². The van der Waals surface area contributed by atoms with E-state index in [4.69, 9.17) is 10.8 Å². The van der Waals surface area contributed by atoms with E-state index < -0.39 is 6.43 Å². The third kappa shape index (κ3) is 5.13. The Hall–Kier alpha value is -0.260. The maximum absolute atomic E-state index is 12.1. The summed E-state index contributed by atoms with van der Waals surface area (Å²) in [6.45, 7) is 2.09. The van der Waals surface area contributed by atoms with E-state index >= 15 is 0 Å². The van der Waals surface area contributed by atoms with Crippen molar-refractivity contribution in [2.24, 2.45) is 5.73 Å². The highest BCUT2D eigenvalue weighted by molar-refractivity contribution is 4.71. The van der Waals surface area contributed by atoms with Gasteiger partial charge in [0.1, 0.15) is 0 Å². The summed E-state index contributed by atoms with van der Waals surface area (Å²) in [5, 5.41) is 8.66. The Morgan fingerprint density at radius 2 is 2.08 bits per heavy atom. The summed E-state index contributed by atoms with van der Waals surface area (Å²) in [4.78, 5) is 1.53. The Morgan fingerprint density at radius 1 is 1.46 bits per heavy atom. The summed E-state index contributed by atoms with van der Waals surface area (Å²) in [5.74, 6) is 0. The molecule has 0 radical (unpaired) electrons. The normalized spacial score (nSPS) is 14.1. The van der Waals surface area contributed by atoms with Crippen molar-refractivity contribution in [2.75, 3.05) is 26.2 Å². The molecule has 0 aromatic rings. The van der Waals surface area contributed by atoms with Gasteiger partial charge >= 0.3 is 0 Å². The van der Waals surface area contributed by atoms with Crippen LogP contribution in [0, 0.1) is 0 Å². The van der Waals surface area contributed by atoms with Gasteiger partial charge in [0, 0.05) is 19.1 Å². The molecule has 0 fully saturated rings. The zero-order valence-corrected chi connectivity index (χ0v) is 7.92. The third-order valence-electron chi connectivity index (χ3n) is 2.02. The van der Waals surface area contributed by atoms with Crippen molar-refractivity contribution in [2.45, 2.75) is 25.8 Å². The minimum atomic E-state index is -2.37. The van der Waals surface area contributed by atoms with Crippen molar-refractivity contribution in [3.05, 3.63) is 0 Å². The predicted molar refractivity (Wildman–Crippen MR) is 47.8 cm³/mol. The van der Waals surface area contributed by atoms with Crippen LogP contribution >= 0.6 is 0 Å². The van der Waals surface area contributed by atoms with Crippen LogP contribution in [0.15, 0.2) is 0 Å². The Morgan fingerprint density at radius 3 is 2.38 bits per heavy atom. The monoisotopic (exact) mass is 196 g/mol. The van der Waals surface area contributed by atoms with E-state index in [1.807, 2.05) is 6.92 Å². The molecule has 3 nitrogen and oxygen atoms in total. The second-order valence-electron chi connectivity index (χ2n) is 2.91. The van der Waals surface area contributed by atoms with Gasteiger partial charge in [0.25, 0.3) is 6.43 Å². The molecule has 0 aromatic carbocycles. The molecule has 0 heterocycles. The van der Waals surface area contributed by atoms with Crippen LogP contribution in [0.3, 0.4) is 0 Å². The van der Waals surface area contributed by atoms with E-state index in [9.17, 15) is 8.78 Å². The van der Waals surface area contributed by atoms with E-state index in [2.05, 4.69) is 0 Å². The maximum Gasteiger partial charge on any atom is 0.251 e. The van der Waals surface area contributed by atoms with E-state index in [0.717, 1.165) is 6.42 Å². The zero-order chi connectivity index (χ0) is 10.3. The highest BCUT2D eigenvalue weighted by Gasteiger charge is 2.18. The van der Waals surface area contributed by atoms with Crippen molar-refractivity contribution < 1.29 is 13.9 Å². The average molecular weight is 196 g/mol. The molecule has 0 saturated heterocycles. The van der Waals surface area contributed by atoms with Gasteiger partial charge in [0.05, 0.1) is 13.2 Å². The standard InChI is InChI=1S/C8H18F2N2O/c1-2-7(5-11)12(3-4-13)6-8(9)10/h7-8,13H,2-6,11H2,1H3. The number of hydrogen-bond donors (Lipinski definition) is 2. The summed E-state index contributed by atoms with van der Waals surface area (Å²) < 4.78 is 24.2. The minimum absolute atomic E-state index is 0.0545. The highest BCUT2D eigenvalue weighted by atomic mass is 19.3. The fraction of sp³-hybridized carbons (Fsp3) is 1.00. The first-order valence-corrected chi connectivity index (χ1v) is 4.48. The van der Waals surface area contributed by atoms with E-state index in [1.54, 1.807) is 0 Å². The molecule has 13 heavy (non-hydrogen) atoms. The molecule has 3 N–H and O–H groups in total. The Kier molecular flexibility index (Phi) is 7.03. The smallest absolute Gasteiger partial charge is 0.251 e. The number of aliphatic hydroxyl groups is 1. The van der Waals surface area contributed by atoms with Gasteiger partial charge in [-0.2, -0.15) is 0 Å². The van der Waals surface area contributed by atoms with E-state index in [0.29, 0.717) is 6.54 Å². The van der Waals surface area contributed by atoms with Crippen LogP contribution in [0.25, 0.3) is 0 Å². The molecule has 0 bridgehead atoms. The van der Waals surface area contributed by atoms with Gasteiger partial charge in [-0.3, -0.25) is 4.90 Å². The van der Waals surface area contributed by atoms with Crippen LogP contribution in [0.4, 0.5) is 8.78 Å². The summed E-state index contributed by atoms with van der Waals surface area (Å²) in [7, 11) is 0. The van der Waals surface area contributed by atoms with E-state index in [1.165, 1.54) is 4.90 Å². The van der Waals surface area contributed by atoms with Gasteiger partial charge in [-0.1, -0.05) is 6.92 Å². The minimum Gasteiger partial charge on any atom is -0.395 e. The molecule has 0 amide bonds. The molecule has 1 atom stereocenters. The molecule has 0 aliphatic heterocycles. The third-order valence-corrected chi connectivity index (χ3v) is 2.02. The second kappa shape index (κ2) is 7.17. The van der Waals surface area contributed by atoms with Crippen LogP contribution in [0.5, 0.6) is 0 Å². The fourth-order valence-electron chi connectivity index (χ4n) is 1.30. The number of alkyl halides is 2. The molecule has 1 unspecified atom stereocenters. The second-order valence-corrected chi connectivity index (χ2v) is 2.91. The topological polar surface area (TPSA) is 49.5 Å². The fourth-order valence-corrected chi connectivity index (χ4v) is 1.30. The lowest BCUT2D eigenvalue weighted by Crippen LogP contribution is -2.44. The van der Waals surface area contributed by atoms with E-state index in [-0.39, 0.29) is 25.7 Å². The van der Waals surface area contributed by atoms with Crippen LogP contribution < -0.4 is 5.73 Å². The van der Waals surface area contributed by atoms with Gasteiger partial charge in [0.15, 0.2) is 0 Å². The predicted octanol–water partition coefficient (Wildman–Crippen LogP) is 0.283. The Labute approximate surface area is 77.5 Å². The molecule has 0 rings (SSSR count). The van der Waals surface area contributed by atoms with Gasteiger partial charge in [0.2, 0.25) is 0 Å². The number of nitrogens with zero attached hydrogens (tertiary/aromatic N) is 1. The molecular weight excluding hydrogens is 178 g/mol. The first kappa shape index (κ1) is 12.7. The lowest BCUT2D eigenvalue weighted by molar-refractivity contribution is 0.0555. The number of aliphatic hydroxyl groups excluding tert-OH is 1. The number of hydrogen-bond acceptors (Lipinski definition) is 3. The Balaban J connectivity index is 4.03. The molecule has 80 valence electrons. The molecule has 5 heteroatoms. The van der Waals surface area contributed by atoms with Crippen molar-refractivity contribution in [3.63, 3.8) is 0 Å². The molecule has 0 aliphatic carbocycles. The first-order chi connectivity index (χ1) is 6.15. The largest absolute Gasteiger partial charge is 0.395 e. The zero-order valence-electron chi connectivity index (χ0n) is 7.92. The molecule has 0 spiro atoms. The molecular formula is C8H18F2N2O. The van der Waals surface area contributed by atoms with Gasteiger partial charge in [-0.25, -0.2) is 8.78 Å². The number of nitrogens with two attached hydrogens (primary N) is 1. The van der Waals surface area contributed by atoms with Gasteiger partial charge in [-0.15, -0.1) is 0 Å². The summed E-state index contributed by atoms with van der Waals surface area (Å²) in [6.07, 6.45) is -1.64. The maximum atomic E-state index is 12.1. The summed E-state index contributed by atoms with van der Waals surface area (Å²) in [6, 6.07) is -0.0545. The number of halogens is 2. The van der Waals surface area contributed by atoms with Gasteiger partial charge in [-0.05, 0) is 6.42 Å². The van der Waals surface area contributed by atoms with Crippen molar-refractivity contribution in [1.82, 2.24) is 4.90 Å². The SMILES string of the molecule is CCC(CN)N(CCO)CC(F)F. The quantitative estimate of drug-likeness (QED) is 0.615. The van der Waals surface area contributed by atoms with Gasteiger partial charge < -0.3 is 10.8 Å². The molecule has 0 aromatic heterocycles. The molecule has 0 aliphatic rings. The average Bonchev–Trinajstić information content (AvgIpc) is 2.05. The first-order valence-electron chi connectivity index (χ1n) is 4.48. The molecule has 0 saturated carbocycles. The van der Waals surface area contributed by atoms with Crippen molar-refractivity contribution in [3.8, 4) is 0 Å². The van der Waals surface area contributed by atoms with Crippen LogP contribution in [0.2, 0.25) is 0 Å². The van der Waals surface area contributed by atoms with Crippen molar-refractivity contribution >= 4 is 0 Å². The van der Waals surface area contributed by atoms with Crippen LogP contribution in [0.1, 0.15) is 13.3 Å². The van der Waals surface area contributed by atoms with Crippen molar-refractivity contribution in [1.29, 1.82) is 0 Å². The summed E-state index contributed by atoms with van der Waals surface area (Å²) >= 11 is 0. The number of rotatable bonds is 7. The lowest BCUT2D eigenvalue weighted by Gasteiger charge is -2.28. The lowest BCUT2D eigenvalue weighted by atomic mass is 10.2.